The molecule has 8 nitrogen and oxygen atoms in total. The molecule has 0 aliphatic carbocycles. The topological polar surface area (TPSA) is 93.4 Å². The minimum Gasteiger partial charge on any atom is -0.486 e. The Morgan fingerprint density at radius 2 is 2.00 bits per heavy atom. The largest absolute Gasteiger partial charge is 0.486 e. The van der Waals surface area contributed by atoms with Crippen molar-refractivity contribution < 1.29 is 18.3 Å². The number of halogens is 1. The Morgan fingerprint density at radius 1 is 1.25 bits per heavy atom. The van der Waals surface area contributed by atoms with E-state index in [0.717, 1.165) is 11.4 Å². The van der Waals surface area contributed by atoms with Crippen molar-refractivity contribution in [1.29, 1.82) is 0 Å². The van der Waals surface area contributed by atoms with Crippen molar-refractivity contribution in [2.45, 2.75) is 13.5 Å². The van der Waals surface area contributed by atoms with Crippen molar-refractivity contribution in [1.82, 2.24) is 20.6 Å². The second-order valence-electron chi connectivity index (χ2n) is 5.84. The molecule has 0 saturated heterocycles. The zero-order chi connectivity index (χ0) is 20.1. The van der Waals surface area contributed by atoms with Crippen LogP contribution in [-0.4, -0.2) is 20.8 Å². The van der Waals surface area contributed by atoms with Crippen molar-refractivity contribution in [2.75, 3.05) is 5.32 Å². The van der Waals surface area contributed by atoms with Gasteiger partial charge in [0.15, 0.2) is 10.9 Å². The second kappa shape index (κ2) is 8.53. The number of nitrogens with one attached hydrogen (secondary N) is 3. The summed E-state index contributed by atoms with van der Waals surface area (Å²) in [5.41, 5.74) is 6.54. The molecule has 3 rings (SSSR count). The number of aromatic nitrogens is 2. The Hall–Kier alpha value is -3.40. The lowest BCUT2D eigenvalue weighted by molar-refractivity contribution is 0.0912. The third kappa shape index (κ3) is 5.07. The number of nitrogens with zero attached hydrogens (tertiary/aromatic N) is 2. The van der Waals surface area contributed by atoms with E-state index in [1.807, 2.05) is 6.92 Å². The normalized spacial score (nSPS) is 10.4. The maximum Gasteiger partial charge on any atom is 0.305 e. The van der Waals surface area contributed by atoms with Gasteiger partial charge in [0, 0.05) is 13.2 Å². The van der Waals surface area contributed by atoms with Gasteiger partial charge in [0.05, 0.1) is 11.4 Å². The molecule has 3 aromatic rings. The van der Waals surface area contributed by atoms with Gasteiger partial charge in [0.1, 0.15) is 23.9 Å². The van der Waals surface area contributed by atoms with E-state index in [0.29, 0.717) is 11.5 Å². The number of aryl methyl sites for hydroxylation is 2. The number of hydrogen-bond acceptors (Lipinski definition) is 5. The van der Waals surface area contributed by atoms with E-state index in [2.05, 4.69) is 21.3 Å². The highest BCUT2D eigenvalue weighted by Gasteiger charge is 2.12. The van der Waals surface area contributed by atoms with E-state index < -0.39 is 5.91 Å². The summed E-state index contributed by atoms with van der Waals surface area (Å²) in [4.78, 5) is 12.1. The zero-order valence-corrected chi connectivity index (χ0v) is 16.0. The van der Waals surface area contributed by atoms with Crippen molar-refractivity contribution >= 4 is 28.9 Å². The average Bonchev–Trinajstić information content (AvgIpc) is 3.25. The highest BCUT2D eigenvalue weighted by molar-refractivity contribution is 7.80. The number of furan rings is 1. The first-order valence-electron chi connectivity index (χ1n) is 8.25. The van der Waals surface area contributed by atoms with Crippen LogP contribution in [0.5, 0.6) is 5.75 Å². The van der Waals surface area contributed by atoms with Crippen molar-refractivity contribution in [3.05, 3.63) is 65.6 Å². The summed E-state index contributed by atoms with van der Waals surface area (Å²) in [5.74, 6) is 0.183. The predicted octanol–water partition coefficient (Wildman–Crippen LogP) is 2.67. The van der Waals surface area contributed by atoms with E-state index >= 15 is 0 Å². The van der Waals surface area contributed by atoms with E-state index in [4.69, 9.17) is 21.4 Å². The number of carbonyl (C=O) groups is 1. The number of anilines is 1. The van der Waals surface area contributed by atoms with E-state index in [1.165, 1.54) is 30.3 Å². The predicted molar refractivity (Wildman–Crippen MR) is 104 cm³/mol. The van der Waals surface area contributed by atoms with Crippen molar-refractivity contribution in [3.63, 3.8) is 0 Å². The molecule has 0 bridgehead atoms. The molecule has 3 N–H and O–H groups in total. The highest BCUT2D eigenvalue weighted by Crippen LogP contribution is 2.15. The molecule has 28 heavy (non-hydrogen) atoms. The minimum atomic E-state index is -0.500. The average molecular weight is 403 g/mol. The molecular weight excluding hydrogens is 385 g/mol. The van der Waals surface area contributed by atoms with Gasteiger partial charge in [-0.25, -0.2) is 4.39 Å². The molecule has 0 unspecified atom stereocenters. The van der Waals surface area contributed by atoms with Crippen LogP contribution in [0.3, 0.4) is 0 Å². The number of amides is 1. The van der Waals surface area contributed by atoms with Crippen LogP contribution in [0.25, 0.3) is 0 Å². The Bertz CT molecular complexity index is 984. The molecule has 1 aromatic carbocycles. The maximum absolute atomic E-state index is 12.9. The van der Waals surface area contributed by atoms with Gasteiger partial charge in [-0.15, -0.1) is 0 Å². The first-order chi connectivity index (χ1) is 13.4. The van der Waals surface area contributed by atoms with Gasteiger partial charge in [-0.2, -0.15) is 5.10 Å². The lowest BCUT2D eigenvalue weighted by Gasteiger charge is -2.10. The molecule has 0 saturated carbocycles. The van der Waals surface area contributed by atoms with Gasteiger partial charge < -0.3 is 14.5 Å². The first-order valence-corrected chi connectivity index (χ1v) is 8.66. The van der Waals surface area contributed by atoms with Gasteiger partial charge >= 0.3 is 5.91 Å². The molecule has 2 heterocycles. The molecule has 0 atom stereocenters. The molecule has 0 aliphatic rings. The van der Waals surface area contributed by atoms with Crippen LogP contribution in [0.1, 0.15) is 22.0 Å². The van der Waals surface area contributed by atoms with Gasteiger partial charge in [0.25, 0.3) is 0 Å². The molecular formula is C18H18FN5O3S. The van der Waals surface area contributed by atoms with Gasteiger partial charge in [0.2, 0.25) is 0 Å². The quantitative estimate of drug-likeness (QED) is 0.445. The maximum atomic E-state index is 12.9. The Kier molecular flexibility index (Phi) is 5.90. The van der Waals surface area contributed by atoms with Crippen LogP contribution < -0.4 is 20.9 Å². The number of benzene rings is 1. The molecule has 1 amide bonds. The Labute approximate surface area is 165 Å². The van der Waals surface area contributed by atoms with Crippen molar-refractivity contribution in [2.24, 2.45) is 7.05 Å². The summed E-state index contributed by atoms with van der Waals surface area (Å²) < 4.78 is 25.4. The molecule has 0 spiro atoms. The minimum absolute atomic E-state index is 0.0885. The van der Waals surface area contributed by atoms with Gasteiger partial charge in [-0.05, 0) is 55.5 Å². The van der Waals surface area contributed by atoms with Crippen LogP contribution in [0.4, 0.5) is 10.1 Å². The standard InChI is InChI=1S/C18H18FN5O3S/c1-11-15(9-24(2)23-11)20-18(28)22-21-17(25)16-8-7-14(27-16)10-26-13-5-3-12(19)4-6-13/h3-9H,10H2,1-2H3,(H,21,25)(H2,20,22,28). The number of hydrazine groups is 1. The summed E-state index contributed by atoms with van der Waals surface area (Å²) in [6.45, 7) is 1.94. The molecule has 2 aromatic heterocycles. The van der Waals surface area contributed by atoms with Crippen LogP contribution in [0.15, 0.2) is 47.0 Å². The van der Waals surface area contributed by atoms with Crippen LogP contribution in [0.2, 0.25) is 0 Å². The molecule has 0 fully saturated rings. The van der Waals surface area contributed by atoms with Gasteiger partial charge in [-0.3, -0.25) is 20.3 Å². The Morgan fingerprint density at radius 3 is 2.68 bits per heavy atom. The second-order valence-corrected chi connectivity index (χ2v) is 6.25. The first kappa shape index (κ1) is 19.4. The summed E-state index contributed by atoms with van der Waals surface area (Å²) in [6, 6.07) is 8.75. The fourth-order valence-corrected chi connectivity index (χ4v) is 2.47. The fourth-order valence-electron chi connectivity index (χ4n) is 2.31. The zero-order valence-electron chi connectivity index (χ0n) is 15.2. The molecule has 0 radical (unpaired) electrons. The lowest BCUT2D eigenvalue weighted by atomic mass is 10.3. The third-order valence-corrected chi connectivity index (χ3v) is 3.84. The summed E-state index contributed by atoms with van der Waals surface area (Å²) >= 11 is 5.13. The summed E-state index contributed by atoms with van der Waals surface area (Å²) in [5, 5.41) is 7.32. The van der Waals surface area contributed by atoms with E-state index in [1.54, 1.807) is 24.0 Å². The summed E-state index contributed by atoms with van der Waals surface area (Å²) in [7, 11) is 1.80. The lowest BCUT2D eigenvalue weighted by Crippen LogP contribution is -2.43. The van der Waals surface area contributed by atoms with Crippen LogP contribution in [0, 0.1) is 12.7 Å². The Balaban J connectivity index is 1.47. The number of ether oxygens (including phenoxy) is 1. The van der Waals surface area contributed by atoms with Crippen LogP contribution in [-0.2, 0) is 13.7 Å². The molecule has 0 aliphatic heterocycles. The summed E-state index contributed by atoms with van der Waals surface area (Å²) in [6.07, 6.45) is 1.77. The van der Waals surface area contributed by atoms with Crippen molar-refractivity contribution in [3.8, 4) is 5.75 Å². The SMILES string of the molecule is Cc1nn(C)cc1NC(=S)NNC(=O)c1ccc(COc2ccc(F)cc2)o1. The number of thiocarbonyl (C=S) groups is 1. The monoisotopic (exact) mass is 403 g/mol. The highest BCUT2D eigenvalue weighted by atomic mass is 32.1. The van der Waals surface area contributed by atoms with E-state index in [-0.39, 0.29) is 23.3 Å². The third-order valence-electron chi connectivity index (χ3n) is 3.63. The smallest absolute Gasteiger partial charge is 0.305 e. The number of hydrogen-bond donors (Lipinski definition) is 3. The number of rotatable bonds is 5. The van der Waals surface area contributed by atoms with Crippen LogP contribution >= 0.6 is 12.2 Å². The number of carbonyl (C=O) groups excluding carboxylic acids is 1. The fraction of sp³-hybridized carbons (Fsp3) is 0.167. The van der Waals surface area contributed by atoms with Gasteiger partial charge in [-0.1, -0.05) is 0 Å². The van der Waals surface area contributed by atoms with E-state index in [9.17, 15) is 9.18 Å². The molecule has 10 heteroatoms. The molecule has 146 valence electrons.